The van der Waals surface area contributed by atoms with Crippen molar-refractivity contribution in [1.82, 2.24) is 14.8 Å². The zero-order valence-corrected chi connectivity index (χ0v) is 10.8. The number of nitrogens with one attached hydrogen (secondary N) is 2. The van der Waals surface area contributed by atoms with Gasteiger partial charge < -0.3 is 9.88 Å². The minimum absolute atomic E-state index is 0.815. The number of anilines is 1. The maximum Gasteiger partial charge on any atom is 0.0650 e. The fourth-order valence-electron chi connectivity index (χ4n) is 2.09. The molecule has 2 heterocycles. The SMILES string of the molecule is Cn1cccc1CNc1cccc(-c2ccn[nH]2)c1. The van der Waals surface area contributed by atoms with Crippen LogP contribution in [0.25, 0.3) is 11.3 Å². The number of nitrogens with zero attached hydrogens (tertiary/aromatic N) is 2. The Balaban J connectivity index is 1.75. The average molecular weight is 252 g/mol. The lowest BCUT2D eigenvalue weighted by Gasteiger charge is -2.08. The van der Waals surface area contributed by atoms with Gasteiger partial charge in [-0.25, -0.2) is 0 Å². The first kappa shape index (κ1) is 11.6. The Morgan fingerprint density at radius 3 is 2.89 bits per heavy atom. The molecule has 3 aromatic rings. The predicted molar refractivity (Wildman–Crippen MR) is 76.8 cm³/mol. The Morgan fingerprint density at radius 2 is 2.16 bits per heavy atom. The van der Waals surface area contributed by atoms with Gasteiger partial charge in [-0.1, -0.05) is 12.1 Å². The minimum Gasteiger partial charge on any atom is -0.379 e. The van der Waals surface area contributed by atoms with Gasteiger partial charge in [0.1, 0.15) is 0 Å². The van der Waals surface area contributed by atoms with E-state index >= 15 is 0 Å². The van der Waals surface area contributed by atoms with Crippen molar-refractivity contribution in [2.75, 3.05) is 5.32 Å². The normalized spacial score (nSPS) is 10.6. The summed E-state index contributed by atoms with van der Waals surface area (Å²) in [6, 6.07) is 14.4. The van der Waals surface area contributed by atoms with E-state index < -0.39 is 0 Å². The van der Waals surface area contributed by atoms with Crippen LogP contribution >= 0.6 is 0 Å². The summed E-state index contributed by atoms with van der Waals surface area (Å²) in [5.41, 5.74) is 4.53. The van der Waals surface area contributed by atoms with Gasteiger partial charge in [-0.15, -0.1) is 0 Å². The number of rotatable bonds is 4. The monoisotopic (exact) mass is 252 g/mol. The molecule has 0 fully saturated rings. The van der Waals surface area contributed by atoms with E-state index in [1.807, 2.05) is 12.1 Å². The van der Waals surface area contributed by atoms with E-state index in [1.54, 1.807) is 6.20 Å². The summed E-state index contributed by atoms with van der Waals surface area (Å²) >= 11 is 0. The second-order valence-electron chi connectivity index (χ2n) is 4.52. The molecule has 0 saturated heterocycles. The van der Waals surface area contributed by atoms with E-state index in [9.17, 15) is 0 Å². The zero-order valence-electron chi connectivity index (χ0n) is 10.8. The smallest absolute Gasteiger partial charge is 0.0650 e. The number of benzene rings is 1. The van der Waals surface area contributed by atoms with Gasteiger partial charge in [0.15, 0.2) is 0 Å². The van der Waals surface area contributed by atoms with Crippen LogP contribution in [0.15, 0.2) is 54.9 Å². The van der Waals surface area contributed by atoms with Crippen molar-refractivity contribution in [3.05, 3.63) is 60.6 Å². The quantitative estimate of drug-likeness (QED) is 0.749. The highest BCUT2D eigenvalue weighted by Gasteiger charge is 2.01. The van der Waals surface area contributed by atoms with Crippen molar-refractivity contribution in [1.29, 1.82) is 0 Å². The third-order valence-corrected chi connectivity index (χ3v) is 3.20. The Bertz CT molecular complexity index is 652. The molecule has 0 spiro atoms. The molecule has 0 unspecified atom stereocenters. The van der Waals surface area contributed by atoms with E-state index in [2.05, 4.69) is 63.7 Å². The van der Waals surface area contributed by atoms with Gasteiger partial charge >= 0.3 is 0 Å². The molecule has 3 rings (SSSR count). The van der Waals surface area contributed by atoms with Crippen LogP contribution in [0, 0.1) is 0 Å². The van der Waals surface area contributed by atoms with Gasteiger partial charge in [-0.05, 0) is 30.3 Å². The van der Waals surface area contributed by atoms with Crippen LogP contribution in [0.2, 0.25) is 0 Å². The van der Waals surface area contributed by atoms with E-state index in [0.29, 0.717) is 0 Å². The van der Waals surface area contributed by atoms with Crippen LogP contribution in [0.1, 0.15) is 5.69 Å². The van der Waals surface area contributed by atoms with Crippen LogP contribution in [0.5, 0.6) is 0 Å². The zero-order chi connectivity index (χ0) is 13.1. The van der Waals surface area contributed by atoms with Crippen LogP contribution in [-0.2, 0) is 13.6 Å². The van der Waals surface area contributed by atoms with Crippen LogP contribution in [0.4, 0.5) is 5.69 Å². The van der Waals surface area contributed by atoms with Gasteiger partial charge in [0.25, 0.3) is 0 Å². The van der Waals surface area contributed by atoms with Crippen LogP contribution < -0.4 is 5.32 Å². The molecule has 0 bridgehead atoms. The van der Waals surface area contributed by atoms with Gasteiger partial charge in [0.2, 0.25) is 0 Å². The van der Waals surface area contributed by atoms with Crippen molar-refractivity contribution in [3.63, 3.8) is 0 Å². The molecule has 96 valence electrons. The van der Waals surface area contributed by atoms with Crippen molar-refractivity contribution >= 4 is 5.69 Å². The summed E-state index contributed by atoms with van der Waals surface area (Å²) < 4.78 is 2.12. The lowest BCUT2D eigenvalue weighted by molar-refractivity contribution is 0.842. The van der Waals surface area contributed by atoms with Crippen molar-refractivity contribution in [2.24, 2.45) is 7.05 Å². The average Bonchev–Trinajstić information content (AvgIpc) is 3.08. The van der Waals surface area contributed by atoms with Gasteiger partial charge in [0.05, 0.1) is 12.2 Å². The standard InChI is InChI=1S/C15H16N4/c1-19-9-3-6-14(19)11-16-13-5-2-4-12(10-13)15-7-8-17-18-15/h2-10,16H,11H2,1H3,(H,17,18). The molecular formula is C15H16N4. The topological polar surface area (TPSA) is 45.6 Å². The third kappa shape index (κ3) is 2.52. The number of hydrogen-bond acceptors (Lipinski definition) is 2. The molecule has 19 heavy (non-hydrogen) atoms. The summed E-state index contributed by atoms with van der Waals surface area (Å²) in [6.45, 7) is 0.815. The molecular weight excluding hydrogens is 236 g/mol. The number of aromatic amines is 1. The fourth-order valence-corrected chi connectivity index (χ4v) is 2.09. The maximum absolute atomic E-state index is 3.98. The molecule has 0 amide bonds. The summed E-state index contributed by atoms with van der Waals surface area (Å²) in [5.74, 6) is 0. The van der Waals surface area contributed by atoms with E-state index in [-0.39, 0.29) is 0 Å². The lowest BCUT2D eigenvalue weighted by Crippen LogP contribution is -2.03. The first-order valence-electron chi connectivity index (χ1n) is 6.27. The number of aryl methyl sites for hydroxylation is 1. The first-order valence-corrected chi connectivity index (χ1v) is 6.27. The molecule has 0 aliphatic heterocycles. The minimum atomic E-state index is 0.815. The maximum atomic E-state index is 3.98. The Hall–Kier alpha value is -2.49. The third-order valence-electron chi connectivity index (χ3n) is 3.20. The predicted octanol–water partition coefficient (Wildman–Crippen LogP) is 3.03. The van der Waals surface area contributed by atoms with Crippen molar-refractivity contribution < 1.29 is 0 Å². The highest BCUT2D eigenvalue weighted by Crippen LogP contribution is 2.20. The Kier molecular flexibility index (Phi) is 3.06. The Labute approximate surface area is 112 Å². The van der Waals surface area contributed by atoms with E-state index in [1.165, 1.54) is 5.69 Å². The molecule has 4 nitrogen and oxygen atoms in total. The molecule has 2 aromatic heterocycles. The van der Waals surface area contributed by atoms with E-state index in [0.717, 1.165) is 23.5 Å². The highest BCUT2D eigenvalue weighted by molar-refractivity contribution is 5.64. The summed E-state index contributed by atoms with van der Waals surface area (Å²) in [6.07, 6.45) is 3.82. The lowest BCUT2D eigenvalue weighted by atomic mass is 10.1. The van der Waals surface area contributed by atoms with E-state index in [4.69, 9.17) is 0 Å². The fraction of sp³-hybridized carbons (Fsp3) is 0.133. The summed E-state index contributed by atoms with van der Waals surface area (Å²) in [7, 11) is 2.05. The molecule has 0 radical (unpaired) electrons. The molecule has 0 saturated carbocycles. The summed E-state index contributed by atoms with van der Waals surface area (Å²) in [5, 5.41) is 10.4. The number of aromatic nitrogens is 3. The molecule has 0 aliphatic rings. The molecule has 4 heteroatoms. The molecule has 0 atom stereocenters. The number of H-pyrrole nitrogens is 1. The van der Waals surface area contributed by atoms with Crippen LogP contribution in [-0.4, -0.2) is 14.8 Å². The van der Waals surface area contributed by atoms with Crippen molar-refractivity contribution in [2.45, 2.75) is 6.54 Å². The van der Waals surface area contributed by atoms with Gasteiger partial charge in [-0.2, -0.15) is 5.10 Å². The van der Waals surface area contributed by atoms with Gasteiger partial charge in [-0.3, -0.25) is 5.10 Å². The van der Waals surface area contributed by atoms with Crippen molar-refractivity contribution in [3.8, 4) is 11.3 Å². The molecule has 1 aromatic carbocycles. The molecule has 2 N–H and O–H groups in total. The second kappa shape index (κ2) is 5.02. The molecule has 0 aliphatic carbocycles. The second-order valence-corrected chi connectivity index (χ2v) is 4.52. The number of hydrogen-bond donors (Lipinski definition) is 2. The van der Waals surface area contributed by atoms with Gasteiger partial charge in [0, 0.05) is 36.4 Å². The first-order chi connectivity index (χ1) is 9.33. The largest absolute Gasteiger partial charge is 0.379 e. The highest BCUT2D eigenvalue weighted by atomic mass is 15.1. The summed E-state index contributed by atoms with van der Waals surface area (Å²) in [4.78, 5) is 0. The van der Waals surface area contributed by atoms with Crippen LogP contribution in [0.3, 0.4) is 0 Å². The Morgan fingerprint density at radius 1 is 1.21 bits per heavy atom.